The van der Waals surface area contributed by atoms with Gasteiger partial charge >= 0.3 is 0 Å². The lowest BCUT2D eigenvalue weighted by atomic mass is 10.1. The summed E-state index contributed by atoms with van der Waals surface area (Å²) in [5.74, 6) is 0.0125. The van der Waals surface area contributed by atoms with Gasteiger partial charge in [0.25, 0.3) is 5.91 Å². The van der Waals surface area contributed by atoms with E-state index in [1.807, 2.05) is 47.9 Å². The summed E-state index contributed by atoms with van der Waals surface area (Å²) in [5, 5.41) is 2.62. The smallest absolute Gasteiger partial charge is 0.255 e. The number of hydrogen-bond acceptors (Lipinski definition) is 2. The van der Waals surface area contributed by atoms with Crippen LogP contribution in [0.4, 0.5) is 10.1 Å². The summed E-state index contributed by atoms with van der Waals surface area (Å²) in [7, 11) is 0. The zero-order valence-electron chi connectivity index (χ0n) is 15.0. The SMILES string of the molecule is Cc1ccc(NC(=O)c2ccc3c(c2)nc(C)n3-c2ccccc2)c(F)c1. The van der Waals surface area contributed by atoms with Crippen LogP contribution in [-0.2, 0) is 0 Å². The van der Waals surface area contributed by atoms with E-state index in [1.54, 1.807) is 31.2 Å². The molecular weight excluding hydrogens is 341 g/mol. The van der Waals surface area contributed by atoms with Gasteiger partial charge in [-0.05, 0) is 61.9 Å². The van der Waals surface area contributed by atoms with Gasteiger partial charge in [0.1, 0.15) is 11.6 Å². The summed E-state index contributed by atoms with van der Waals surface area (Å²) in [5.41, 5.74) is 4.03. The van der Waals surface area contributed by atoms with Crippen LogP contribution in [0.25, 0.3) is 16.7 Å². The fourth-order valence-electron chi connectivity index (χ4n) is 3.16. The van der Waals surface area contributed by atoms with Crippen LogP contribution < -0.4 is 5.32 Å². The van der Waals surface area contributed by atoms with Crippen molar-refractivity contribution in [1.82, 2.24) is 9.55 Å². The maximum atomic E-state index is 14.0. The molecule has 4 nitrogen and oxygen atoms in total. The van der Waals surface area contributed by atoms with E-state index >= 15 is 0 Å². The quantitative estimate of drug-likeness (QED) is 0.557. The highest BCUT2D eigenvalue weighted by molar-refractivity contribution is 6.06. The summed E-state index contributed by atoms with van der Waals surface area (Å²) in [6.45, 7) is 3.72. The van der Waals surface area contributed by atoms with E-state index in [0.29, 0.717) is 11.1 Å². The maximum Gasteiger partial charge on any atom is 0.255 e. The highest BCUT2D eigenvalue weighted by Gasteiger charge is 2.14. The Bertz CT molecular complexity index is 1150. The summed E-state index contributed by atoms with van der Waals surface area (Å²) in [4.78, 5) is 17.1. The van der Waals surface area contributed by atoms with Gasteiger partial charge in [-0.25, -0.2) is 9.37 Å². The van der Waals surface area contributed by atoms with Crippen LogP contribution in [0.1, 0.15) is 21.7 Å². The lowest BCUT2D eigenvalue weighted by molar-refractivity contribution is 0.102. The molecule has 0 saturated carbocycles. The lowest BCUT2D eigenvalue weighted by Gasteiger charge is -2.08. The molecule has 0 saturated heterocycles. The molecule has 134 valence electrons. The highest BCUT2D eigenvalue weighted by Crippen LogP contribution is 2.23. The molecule has 0 aliphatic rings. The Morgan fingerprint density at radius 3 is 2.52 bits per heavy atom. The molecule has 4 rings (SSSR count). The second kappa shape index (κ2) is 6.68. The first kappa shape index (κ1) is 17.0. The molecule has 4 aromatic rings. The van der Waals surface area contributed by atoms with Gasteiger partial charge in [0, 0.05) is 11.3 Å². The molecule has 0 fully saturated rings. The van der Waals surface area contributed by atoms with Crippen LogP contribution in [0, 0.1) is 19.7 Å². The maximum absolute atomic E-state index is 14.0. The molecule has 0 atom stereocenters. The van der Waals surface area contributed by atoms with Crippen molar-refractivity contribution in [2.75, 3.05) is 5.32 Å². The third-order valence-electron chi connectivity index (χ3n) is 4.47. The Balaban J connectivity index is 1.69. The third-order valence-corrected chi connectivity index (χ3v) is 4.47. The first-order valence-corrected chi connectivity index (χ1v) is 8.65. The molecule has 3 aromatic carbocycles. The average Bonchev–Trinajstić information content (AvgIpc) is 2.99. The van der Waals surface area contributed by atoms with E-state index in [1.165, 1.54) is 6.07 Å². The molecule has 1 heterocycles. The topological polar surface area (TPSA) is 46.9 Å². The second-order valence-electron chi connectivity index (χ2n) is 6.47. The number of fused-ring (bicyclic) bond motifs is 1. The van der Waals surface area contributed by atoms with Gasteiger partial charge in [-0.3, -0.25) is 9.36 Å². The molecule has 0 unspecified atom stereocenters. The highest BCUT2D eigenvalue weighted by atomic mass is 19.1. The Morgan fingerprint density at radius 2 is 1.78 bits per heavy atom. The van der Waals surface area contributed by atoms with Crippen molar-refractivity contribution in [3.8, 4) is 5.69 Å². The Hall–Kier alpha value is -3.47. The zero-order chi connectivity index (χ0) is 19.0. The summed E-state index contributed by atoms with van der Waals surface area (Å²) in [6, 6.07) is 20.0. The van der Waals surface area contributed by atoms with E-state index in [4.69, 9.17) is 0 Å². The van der Waals surface area contributed by atoms with E-state index in [-0.39, 0.29) is 11.6 Å². The Kier molecular flexibility index (Phi) is 4.20. The number of benzene rings is 3. The fourth-order valence-corrected chi connectivity index (χ4v) is 3.16. The van der Waals surface area contributed by atoms with E-state index < -0.39 is 5.82 Å². The molecule has 0 aliphatic carbocycles. The second-order valence-corrected chi connectivity index (χ2v) is 6.47. The lowest BCUT2D eigenvalue weighted by Crippen LogP contribution is -2.13. The number of para-hydroxylation sites is 1. The number of carbonyl (C=O) groups is 1. The van der Waals surface area contributed by atoms with Crippen molar-refractivity contribution in [2.24, 2.45) is 0 Å². The molecule has 0 spiro atoms. The number of amides is 1. The van der Waals surface area contributed by atoms with E-state index in [9.17, 15) is 9.18 Å². The van der Waals surface area contributed by atoms with E-state index in [2.05, 4.69) is 10.3 Å². The molecule has 0 bridgehead atoms. The van der Waals surface area contributed by atoms with Crippen molar-refractivity contribution < 1.29 is 9.18 Å². The summed E-state index contributed by atoms with van der Waals surface area (Å²) in [6.07, 6.45) is 0. The predicted molar refractivity (Wildman–Crippen MR) is 105 cm³/mol. The molecule has 0 aliphatic heterocycles. The molecule has 1 aromatic heterocycles. The van der Waals surface area contributed by atoms with Gasteiger partial charge in [-0.2, -0.15) is 0 Å². The molecule has 1 N–H and O–H groups in total. The van der Waals surface area contributed by atoms with Crippen LogP contribution in [0.3, 0.4) is 0 Å². The standard InChI is InChI=1S/C22H18FN3O/c1-14-8-10-19(18(23)12-14)25-22(27)16-9-11-21-20(13-16)24-15(2)26(21)17-6-4-3-5-7-17/h3-13H,1-2H3,(H,25,27). The monoisotopic (exact) mass is 359 g/mol. The van der Waals surface area contributed by atoms with Crippen LogP contribution in [0.2, 0.25) is 0 Å². The van der Waals surface area contributed by atoms with Crippen LogP contribution in [-0.4, -0.2) is 15.5 Å². The molecule has 27 heavy (non-hydrogen) atoms. The minimum atomic E-state index is -0.450. The number of hydrogen-bond donors (Lipinski definition) is 1. The molecule has 1 amide bonds. The minimum absolute atomic E-state index is 0.164. The molecule has 0 radical (unpaired) electrons. The molecular formula is C22H18FN3O. The number of aryl methyl sites for hydroxylation is 2. The number of rotatable bonds is 3. The Morgan fingerprint density at radius 1 is 1.00 bits per heavy atom. The largest absolute Gasteiger partial charge is 0.319 e. The number of imidazole rings is 1. The fraction of sp³-hybridized carbons (Fsp3) is 0.0909. The number of halogens is 1. The van der Waals surface area contributed by atoms with Crippen molar-refractivity contribution >= 4 is 22.6 Å². The average molecular weight is 359 g/mol. The van der Waals surface area contributed by atoms with Gasteiger partial charge in [-0.15, -0.1) is 0 Å². The zero-order valence-corrected chi connectivity index (χ0v) is 15.0. The van der Waals surface area contributed by atoms with Gasteiger partial charge in [-0.1, -0.05) is 24.3 Å². The van der Waals surface area contributed by atoms with Crippen LogP contribution in [0.5, 0.6) is 0 Å². The van der Waals surface area contributed by atoms with Crippen LogP contribution in [0.15, 0.2) is 66.7 Å². The van der Waals surface area contributed by atoms with Crippen molar-refractivity contribution in [2.45, 2.75) is 13.8 Å². The van der Waals surface area contributed by atoms with Crippen LogP contribution >= 0.6 is 0 Å². The van der Waals surface area contributed by atoms with Gasteiger partial charge < -0.3 is 5.32 Å². The van der Waals surface area contributed by atoms with E-state index in [0.717, 1.165) is 22.6 Å². The summed E-state index contributed by atoms with van der Waals surface area (Å²) < 4.78 is 16.0. The van der Waals surface area contributed by atoms with Gasteiger partial charge in [0.15, 0.2) is 0 Å². The first-order chi connectivity index (χ1) is 13.0. The van der Waals surface area contributed by atoms with Crippen molar-refractivity contribution in [3.63, 3.8) is 0 Å². The number of aromatic nitrogens is 2. The Labute approximate surface area is 156 Å². The number of nitrogens with one attached hydrogen (secondary N) is 1. The van der Waals surface area contributed by atoms with Gasteiger partial charge in [0.05, 0.1) is 16.7 Å². The third kappa shape index (κ3) is 3.19. The number of nitrogens with zero attached hydrogens (tertiary/aromatic N) is 2. The number of anilines is 1. The van der Waals surface area contributed by atoms with Crippen molar-refractivity contribution in [3.05, 3.63) is 89.5 Å². The number of carbonyl (C=O) groups excluding carboxylic acids is 1. The first-order valence-electron chi connectivity index (χ1n) is 8.65. The predicted octanol–water partition coefficient (Wildman–Crippen LogP) is 5.03. The molecule has 5 heteroatoms. The van der Waals surface area contributed by atoms with Gasteiger partial charge in [0.2, 0.25) is 0 Å². The van der Waals surface area contributed by atoms with Crippen molar-refractivity contribution in [1.29, 1.82) is 0 Å². The normalized spacial score (nSPS) is 10.9. The minimum Gasteiger partial charge on any atom is -0.319 e. The summed E-state index contributed by atoms with van der Waals surface area (Å²) >= 11 is 0.